The van der Waals surface area contributed by atoms with Crippen molar-refractivity contribution >= 4 is 37.8 Å². The van der Waals surface area contributed by atoms with Crippen LogP contribution in [-0.2, 0) is 36.6 Å². The van der Waals surface area contributed by atoms with Gasteiger partial charge in [-0.25, -0.2) is 9.59 Å². The Kier molecular flexibility index (Phi) is 12.4. The number of carbonyl (C=O) groups excluding carboxylic acids is 3. The van der Waals surface area contributed by atoms with E-state index in [-0.39, 0.29) is 55.2 Å². The number of non-ortho nitro benzene ring substituents is 2. The highest BCUT2D eigenvalue weighted by Gasteiger charge is 2.44. The van der Waals surface area contributed by atoms with E-state index < -0.39 is 48.5 Å². The third kappa shape index (κ3) is 11.0. The number of benzene rings is 2. The molecule has 1 N–H and O–H groups in total. The molecule has 0 saturated carbocycles. The van der Waals surface area contributed by atoms with Gasteiger partial charge in [0, 0.05) is 50.2 Å². The number of carbonyl (C=O) groups is 3. The largest absolute Gasteiger partial charge is 0.461 e. The summed E-state index contributed by atoms with van der Waals surface area (Å²) in [6.07, 6.45) is -1.91. The van der Waals surface area contributed by atoms with Crippen LogP contribution in [0.1, 0.15) is 51.7 Å². The highest BCUT2D eigenvalue weighted by Crippen LogP contribution is 2.39. The van der Waals surface area contributed by atoms with Crippen molar-refractivity contribution in [3.8, 4) is 0 Å². The fourth-order valence-corrected chi connectivity index (χ4v) is 6.12. The normalized spacial score (nSPS) is 17.0. The molecule has 3 atom stereocenters. The number of rotatable bonds is 13. The molecule has 0 aliphatic carbocycles. The van der Waals surface area contributed by atoms with Crippen LogP contribution in [0.2, 0.25) is 18.1 Å². The van der Waals surface area contributed by atoms with Crippen LogP contribution in [0.5, 0.6) is 0 Å². The number of likely N-dealkylation sites (tertiary alicyclic amines) is 1. The van der Waals surface area contributed by atoms with Crippen LogP contribution in [0.25, 0.3) is 0 Å². The third-order valence-electron chi connectivity index (χ3n) is 8.25. The summed E-state index contributed by atoms with van der Waals surface area (Å²) in [5, 5.41) is 24.3. The molecule has 47 heavy (non-hydrogen) atoms. The number of nitrogens with zero attached hydrogens (tertiary/aromatic N) is 3. The van der Waals surface area contributed by atoms with Crippen LogP contribution >= 0.6 is 0 Å². The molecule has 256 valence electrons. The molecular formula is C31H42N4O11Si. The van der Waals surface area contributed by atoms with Crippen LogP contribution in [0.3, 0.4) is 0 Å². The minimum atomic E-state index is -2.22. The Hall–Kier alpha value is -4.57. The predicted octanol–water partition coefficient (Wildman–Crippen LogP) is 5.85. The van der Waals surface area contributed by atoms with Crippen molar-refractivity contribution < 1.29 is 42.9 Å². The van der Waals surface area contributed by atoms with Crippen LogP contribution in [-0.4, -0.2) is 72.6 Å². The van der Waals surface area contributed by atoms with Gasteiger partial charge in [0.15, 0.2) is 8.32 Å². The van der Waals surface area contributed by atoms with Crippen molar-refractivity contribution in [1.29, 1.82) is 0 Å². The fraction of sp³-hybridized carbons (Fsp3) is 0.516. The molecule has 15 nitrogen and oxygen atoms in total. The van der Waals surface area contributed by atoms with E-state index in [1.54, 1.807) is 0 Å². The average molecular weight is 675 g/mol. The number of ether oxygens (including phenoxy) is 3. The summed E-state index contributed by atoms with van der Waals surface area (Å²) in [6.45, 7) is 11.7. The lowest BCUT2D eigenvalue weighted by Gasteiger charge is -2.38. The summed E-state index contributed by atoms with van der Waals surface area (Å²) in [6, 6.07) is 10.8. The predicted molar refractivity (Wildman–Crippen MR) is 172 cm³/mol. The van der Waals surface area contributed by atoms with Gasteiger partial charge in [-0.3, -0.25) is 25.0 Å². The first-order valence-corrected chi connectivity index (χ1v) is 18.0. The smallest absolute Gasteiger partial charge is 0.410 e. The van der Waals surface area contributed by atoms with Gasteiger partial charge in [-0.05, 0) is 59.9 Å². The van der Waals surface area contributed by atoms with Crippen LogP contribution < -0.4 is 5.32 Å². The Bertz CT molecular complexity index is 1430. The number of alkyl carbamates (subject to hydrolysis) is 1. The lowest BCUT2D eigenvalue weighted by atomic mass is 10.1. The molecule has 1 aliphatic heterocycles. The van der Waals surface area contributed by atoms with Crippen molar-refractivity contribution in [2.24, 2.45) is 0 Å². The summed E-state index contributed by atoms with van der Waals surface area (Å²) < 4.78 is 22.9. The molecule has 0 aromatic heterocycles. The molecule has 2 amide bonds. The van der Waals surface area contributed by atoms with Gasteiger partial charge in [-0.1, -0.05) is 20.8 Å². The zero-order chi connectivity index (χ0) is 34.9. The average Bonchev–Trinajstić information content (AvgIpc) is 3.38. The van der Waals surface area contributed by atoms with E-state index >= 15 is 0 Å². The number of hydrogen-bond donors (Lipinski definition) is 1. The third-order valence-corrected chi connectivity index (χ3v) is 12.8. The van der Waals surface area contributed by atoms with Gasteiger partial charge in [0.05, 0.1) is 22.5 Å². The molecule has 0 radical (unpaired) electrons. The number of nitrogens with one attached hydrogen (secondary N) is 1. The maximum Gasteiger partial charge on any atom is 0.410 e. The van der Waals surface area contributed by atoms with E-state index in [2.05, 4.69) is 39.2 Å². The van der Waals surface area contributed by atoms with Gasteiger partial charge in [0.1, 0.15) is 19.3 Å². The highest BCUT2D eigenvalue weighted by molar-refractivity contribution is 6.74. The molecular weight excluding hydrogens is 632 g/mol. The molecule has 1 fully saturated rings. The van der Waals surface area contributed by atoms with E-state index in [4.69, 9.17) is 18.6 Å². The molecule has 3 rings (SSSR count). The number of nitro groups is 2. The quantitative estimate of drug-likeness (QED) is 0.0881. The minimum Gasteiger partial charge on any atom is -0.461 e. The topological polar surface area (TPSA) is 190 Å². The number of hydrogen-bond acceptors (Lipinski definition) is 11. The molecule has 1 saturated heterocycles. The Labute approximate surface area is 273 Å². The van der Waals surface area contributed by atoms with Crippen molar-refractivity contribution in [3.63, 3.8) is 0 Å². The zero-order valence-electron chi connectivity index (χ0n) is 27.4. The van der Waals surface area contributed by atoms with Gasteiger partial charge in [0.25, 0.3) is 11.4 Å². The maximum absolute atomic E-state index is 13.4. The highest BCUT2D eigenvalue weighted by atomic mass is 28.4. The lowest BCUT2D eigenvalue weighted by Crippen LogP contribution is -2.45. The summed E-state index contributed by atoms with van der Waals surface area (Å²) >= 11 is 0. The van der Waals surface area contributed by atoms with Gasteiger partial charge < -0.3 is 28.9 Å². The molecule has 0 spiro atoms. The summed E-state index contributed by atoms with van der Waals surface area (Å²) in [5.41, 5.74) is 0.952. The molecule has 2 aromatic carbocycles. The molecule has 1 aliphatic rings. The standard InChI is InChI=1S/C31H42N4O11Si/c1-21(36)45-27(17-32-29(37)43-19-22-7-11-24(12-8-22)34(39)40)15-26-16-28(46-47(5,6)31(2,3)4)18-33(26)30(38)44-20-23-9-13-25(14-10-23)35(41)42/h7-14,26-28H,15-20H2,1-6H3,(H,32,37)/t26-,27+,28-/m1/s1. The fourth-order valence-electron chi connectivity index (χ4n) is 4.76. The number of esters is 1. The second kappa shape index (κ2) is 15.8. The summed E-state index contributed by atoms with van der Waals surface area (Å²) in [4.78, 5) is 60.1. The van der Waals surface area contributed by atoms with Crippen molar-refractivity contribution in [2.75, 3.05) is 13.1 Å². The molecule has 0 bridgehead atoms. The van der Waals surface area contributed by atoms with Gasteiger partial charge >= 0.3 is 18.2 Å². The van der Waals surface area contributed by atoms with E-state index in [1.807, 2.05) is 0 Å². The molecule has 0 unspecified atom stereocenters. The molecule has 2 aromatic rings. The van der Waals surface area contributed by atoms with E-state index in [0.29, 0.717) is 17.5 Å². The summed E-state index contributed by atoms with van der Waals surface area (Å²) in [7, 11) is -2.22. The Balaban J connectivity index is 1.68. The van der Waals surface area contributed by atoms with Crippen LogP contribution in [0.15, 0.2) is 48.5 Å². The Morgan fingerprint density at radius 1 is 0.936 bits per heavy atom. The van der Waals surface area contributed by atoms with Crippen molar-refractivity contribution in [1.82, 2.24) is 10.2 Å². The van der Waals surface area contributed by atoms with Gasteiger partial charge in [0.2, 0.25) is 0 Å². The van der Waals surface area contributed by atoms with Gasteiger partial charge in [-0.2, -0.15) is 0 Å². The second-order valence-corrected chi connectivity index (χ2v) is 17.6. The minimum absolute atomic E-state index is 0.0780. The SMILES string of the molecule is CC(=O)O[C@H](CNC(=O)OCc1ccc([N+](=O)[O-])cc1)C[C@@H]1C[C@@H](O[Si](C)(C)C(C)(C)C)CN1C(=O)OCc1ccc([N+](=O)[O-])cc1. The Morgan fingerprint density at radius 2 is 1.45 bits per heavy atom. The van der Waals surface area contributed by atoms with Crippen LogP contribution in [0.4, 0.5) is 21.0 Å². The monoisotopic (exact) mass is 674 g/mol. The lowest BCUT2D eigenvalue weighted by molar-refractivity contribution is -0.385. The number of nitro benzene ring substituents is 2. The first kappa shape index (κ1) is 36.9. The van der Waals surface area contributed by atoms with E-state index in [0.717, 1.165) is 0 Å². The molecule has 1 heterocycles. The zero-order valence-corrected chi connectivity index (χ0v) is 28.4. The van der Waals surface area contributed by atoms with Gasteiger partial charge in [-0.15, -0.1) is 0 Å². The first-order valence-electron chi connectivity index (χ1n) is 15.1. The van der Waals surface area contributed by atoms with Crippen molar-refractivity contribution in [2.45, 2.75) is 90.1 Å². The van der Waals surface area contributed by atoms with Crippen molar-refractivity contribution in [3.05, 3.63) is 79.9 Å². The summed E-state index contributed by atoms with van der Waals surface area (Å²) in [5.74, 6) is -0.574. The maximum atomic E-state index is 13.4. The first-order chi connectivity index (χ1) is 21.9. The van der Waals surface area contributed by atoms with Crippen LogP contribution in [0, 0.1) is 20.2 Å². The Morgan fingerprint density at radius 3 is 1.91 bits per heavy atom. The molecule has 16 heteroatoms. The number of amides is 2. The van der Waals surface area contributed by atoms with E-state index in [1.165, 1.54) is 60.4 Å². The van der Waals surface area contributed by atoms with E-state index in [9.17, 15) is 34.6 Å². The second-order valence-electron chi connectivity index (χ2n) is 12.9.